The molecular formula is C16H17NO4S. The van der Waals surface area contributed by atoms with Crippen LogP contribution in [-0.4, -0.2) is 26.0 Å². The first-order valence-corrected chi connectivity index (χ1v) is 8.25. The molecule has 0 atom stereocenters. The first-order chi connectivity index (χ1) is 10.4. The van der Waals surface area contributed by atoms with Crippen LogP contribution in [0, 0.1) is 6.92 Å². The van der Waals surface area contributed by atoms with Gasteiger partial charge in [-0.2, -0.15) is 0 Å². The Morgan fingerprint density at radius 3 is 2.00 bits per heavy atom. The van der Waals surface area contributed by atoms with Gasteiger partial charge in [-0.15, -0.1) is 0 Å². The molecule has 0 aliphatic heterocycles. The number of sulfonamides is 1. The van der Waals surface area contributed by atoms with E-state index in [-0.39, 0.29) is 17.9 Å². The lowest BCUT2D eigenvalue weighted by molar-refractivity contribution is -0.136. The van der Waals surface area contributed by atoms with Crippen LogP contribution in [0.2, 0.25) is 0 Å². The van der Waals surface area contributed by atoms with Crippen molar-refractivity contribution >= 4 is 16.0 Å². The quantitative estimate of drug-likeness (QED) is 0.856. The lowest BCUT2D eigenvalue weighted by Gasteiger charge is -2.07. The van der Waals surface area contributed by atoms with E-state index in [4.69, 9.17) is 5.11 Å². The molecule has 0 fully saturated rings. The van der Waals surface area contributed by atoms with E-state index >= 15 is 0 Å². The zero-order valence-electron chi connectivity index (χ0n) is 12.1. The molecule has 2 aromatic carbocycles. The van der Waals surface area contributed by atoms with Crippen LogP contribution < -0.4 is 4.72 Å². The van der Waals surface area contributed by atoms with E-state index in [9.17, 15) is 13.2 Å². The Morgan fingerprint density at radius 2 is 1.50 bits per heavy atom. The molecule has 116 valence electrons. The van der Waals surface area contributed by atoms with E-state index < -0.39 is 16.0 Å². The maximum absolute atomic E-state index is 12.0. The molecule has 0 aliphatic carbocycles. The summed E-state index contributed by atoms with van der Waals surface area (Å²) in [5.74, 6) is -1.04. The van der Waals surface area contributed by atoms with E-state index in [0.717, 1.165) is 16.7 Å². The molecule has 22 heavy (non-hydrogen) atoms. The van der Waals surface area contributed by atoms with E-state index in [1.807, 2.05) is 31.2 Å². The minimum absolute atomic E-state index is 0.119. The number of nitrogens with one attached hydrogen (secondary N) is 1. The Morgan fingerprint density at radius 1 is 1.00 bits per heavy atom. The zero-order chi connectivity index (χ0) is 16.2. The first-order valence-electron chi connectivity index (χ1n) is 6.77. The summed E-state index contributed by atoms with van der Waals surface area (Å²) in [5.41, 5.74) is 3.09. The summed E-state index contributed by atoms with van der Waals surface area (Å²) in [6.45, 7) is 1.87. The van der Waals surface area contributed by atoms with E-state index in [1.165, 1.54) is 12.1 Å². The predicted molar refractivity (Wildman–Crippen MR) is 84.1 cm³/mol. The summed E-state index contributed by atoms with van der Waals surface area (Å²) in [6.07, 6.45) is -0.249. The normalized spacial score (nSPS) is 11.3. The molecule has 0 aliphatic rings. The van der Waals surface area contributed by atoms with Crippen LogP contribution in [0.15, 0.2) is 53.4 Å². The number of aliphatic carboxylic acids is 1. The maximum Gasteiger partial charge on any atom is 0.304 e. The molecule has 0 saturated carbocycles. The Hall–Kier alpha value is -2.18. The van der Waals surface area contributed by atoms with Crippen molar-refractivity contribution in [3.05, 3.63) is 54.1 Å². The smallest absolute Gasteiger partial charge is 0.304 e. The number of carboxylic acids is 1. The van der Waals surface area contributed by atoms with Crippen LogP contribution in [0.3, 0.4) is 0 Å². The van der Waals surface area contributed by atoms with Gasteiger partial charge in [-0.05, 0) is 30.2 Å². The minimum atomic E-state index is -3.67. The average molecular weight is 319 g/mol. The Kier molecular flexibility index (Phi) is 4.95. The molecule has 2 N–H and O–H groups in total. The molecule has 0 amide bonds. The number of carbonyl (C=O) groups is 1. The molecule has 0 saturated heterocycles. The largest absolute Gasteiger partial charge is 0.481 e. The lowest BCUT2D eigenvalue weighted by Crippen LogP contribution is -2.26. The SMILES string of the molecule is Cc1ccc(-c2ccc(S(=O)(=O)NCCC(=O)O)cc2)cc1. The van der Waals surface area contributed by atoms with Crippen molar-refractivity contribution < 1.29 is 18.3 Å². The van der Waals surface area contributed by atoms with Gasteiger partial charge in [-0.3, -0.25) is 4.79 Å². The number of aryl methyl sites for hydroxylation is 1. The second kappa shape index (κ2) is 6.72. The average Bonchev–Trinajstić information content (AvgIpc) is 2.47. The van der Waals surface area contributed by atoms with Crippen molar-refractivity contribution in [1.29, 1.82) is 0 Å². The predicted octanol–water partition coefficient (Wildman–Crippen LogP) is 2.42. The topological polar surface area (TPSA) is 83.5 Å². The molecule has 0 spiro atoms. The molecular weight excluding hydrogens is 302 g/mol. The van der Waals surface area contributed by atoms with Crippen LogP contribution in [-0.2, 0) is 14.8 Å². The molecule has 0 aromatic heterocycles. The summed E-state index contributed by atoms with van der Waals surface area (Å²) in [4.78, 5) is 10.5. The molecule has 0 heterocycles. The fraction of sp³-hybridized carbons (Fsp3) is 0.188. The van der Waals surface area contributed by atoms with Gasteiger partial charge in [-0.25, -0.2) is 13.1 Å². The van der Waals surface area contributed by atoms with E-state index in [2.05, 4.69) is 4.72 Å². The van der Waals surface area contributed by atoms with Crippen molar-refractivity contribution in [3.63, 3.8) is 0 Å². The van der Waals surface area contributed by atoms with Crippen molar-refractivity contribution in [3.8, 4) is 11.1 Å². The van der Waals surface area contributed by atoms with Crippen molar-refractivity contribution in [2.75, 3.05) is 6.54 Å². The van der Waals surface area contributed by atoms with Crippen LogP contribution in [0.25, 0.3) is 11.1 Å². The fourth-order valence-corrected chi connectivity index (χ4v) is 2.98. The highest BCUT2D eigenvalue weighted by Crippen LogP contribution is 2.21. The molecule has 0 unspecified atom stereocenters. The van der Waals surface area contributed by atoms with Crippen LogP contribution in [0.5, 0.6) is 0 Å². The monoisotopic (exact) mass is 319 g/mol. The third-order valence-electron chi connectivity index (χ3n) is 3.18. The van der Waals surface area contributed by atoms with Gasteiger partial charge >= 0.3 is 5.97 Å². The summed E-state index contributed by atoms with van der Waals surface area (Å²) in [7, 11) is -3.67. The van der Waals surface area contributed by atoms with Gasteiger partial charge in [0.2, 0.25) is 10.0 Å². The summed E-state index contributed by atoms with van der Waals surface area (Å²) >= 11 is 0. The van der Waals surface area contributed by atoms with Crippen molar-refractivity contribution in [2.24, 2.45) is 0 Å². The molecule has 6 heteroatoms. The number of carboxylic acid groups (broad SMARTS) is 1. The number of hydrogen-bond donors (Lipinski definition) is 2. The lowest BCUT2D eigenvalue weighted by atomic mass is 10.0. The highest BCUT2D eigenvalue weighted by atomic mass is 32.2. The maximum atomic E-state index is 12.0. The zero-order valence-corrected chi connectivity index (χ0v) is 12.9. The van der Waals surface area contributed by atoms with Crippen LogP contribution in [0.4, 0.5) is 0 Å². The van der Waals surface area contributed by atoms with Gasteiger partial charge in [0.1, 0.15) is 0 Å². The van der Waals surface area contributed by atoms with Crippen LogP contribution >= 0.6 is 0 Å². The second-order valence-corrected chi connectivity index (χ2v) is 6.70. The molecule has 5 nitrogen and oxygen atoms in total. The summed E-state index contributed by atoms with van der Waals surface area (Å²) in [5, 5.41) is 8.53. The summed E-state index contributed by atoms with van der Waals surface area (Å²) in [6, 6.07) is 14.4. The summed E-state index contributed by atoms with van der Waals surface area (Å²) < 4.78 is 26.3. The third-order valence-corrected chi connectivity index (χ3v) is 4.66. The van der Waals surface area contributed by atoms with Gasteiger partial charge < -0.3 is 5.11 Å². The van der Waals surface area contributed by atoms with Gasteiger partial charge in [0.15, 0.2) is 0 Å². The third kappa shape index (κ3) is 4.16. The van der Waals surface area contributed by atoms with Gasteiger partial charge in [0, 0.05) is 6.54 Å². The standard InChI is InChI=1S/C16H17NO4S/c1-12-2-4-13(5-3-12)14-6-8-15(9-7-14)22(20,21)17-11-10-16(18)19/h2-9,17H,10-11H2,1H3,(H,18,19). The Bertz CT molecular complexity index is 750. The van der Waals surface area contributed by atoms with Crippen LogP contribution in [0.1, 0.15) is 12.0 Å². The van der Waals surface area contributed by atoms with Crippen molar-refractivity contribution in [1.82, 2.24) is 4.72 Å². The second-order valence-electron chi connectivity index (χ2n) is 4.93. The first kappa shape index (κ1) is 16.2. The fourth-order valence-electron chi connectivity index (χ4n) is 1.95. The van der Waals surface area contributed by atoms with Gasteiger partial charge in [0.25, 0.3) is 0 Å². The Balaban J connectivity index is 2.14. The minimum Gasteiger partial charge on any atom is -0.481 e. The van der Waals surface area contributed by atoms with E-state index in [1.54, 1.807) is 12.1 Å². The number of rotatable bonds is 6. The van der Waals surface area contributed by atoms with Gasteiger partial charge in [0.05, 0.1) is 11.3 Å². The highest BCUT2D eigenvalue weighted by molar-refractivity contribution is 7.89. The van der Waals surface area contributed by atoms with Crippen molar-refractivity contribution in [2.45, 2.75) is 18.2 Å². The van der Waals surface area contributed by atoms with Gasteiger partial charge in [-0.1, -0.05) is 42.0 Å². The molecule has 2 rings (SSSR count). The van der Waals surface area contributed by atoms with E-state index in [0.29, 0.717) is 0 Å². The molecule has 2 aromatic rings. The molecule has 0 bridgehead atoms. The highest BCUT2D eigenvalue weighted by Gasteiger charge is 2.14. The number of benzene rings is 2. The number of hydrogen-bond acceptors (Lipinski definition) is 3. The molecule has 0 radical (unpaired) electrons. The Labute approximate surface area is 129 Å².